The molecule has 136 valence electrons. The first-order valence-corrected chi connectivity index (χ1v) is 7.48. The van der Waals surface area contributed by atoms with Gasteiger partial charge in [-0.1, -0.05) is 0 Å². The van der Waals surface area contributed by atoms with E-state index in [1.165, 1.54) is 43.3 Å². The lowest BCUT2D eigenvalue weighted by Crippen LogP contribution is -1.97. The summed E-state index contributed by atoms with van der Waals surface area (Å²) in [6, 6.07) is 7.58. The van der Waals surface area contributed by atoms with Crippen LogP contribution in [-0.2, 0) is 0 Å². The van der Waals surface area contributed by atoms with Crippen molar-refractivity contribution in [1.82, 2.24) is 4.98 Å². The number of rotatable bonds is 4. The number of H-pyrrole nitrogens is 1. The summed E-state index contributed by atoms with van der Waals surface area (Å²) in [6.07, 6.45) is 0. The second-order valence-corrected chi connectivity index (χ2v) is 5.57. The molecule has 2 N–H and O–H groups in total. The number of nitro groups is 2. The van der Waals surface area contributed by atoms with Gasteiger partial charge in [-0.2, -0.15) is 0 Å². The fourth-order valence-electron chi connectivity index (χ4n) is 2.51. The average Bonchev–Trinajstić information content (AvgIpc) is 2.93. The Balaban J connectivity index is 1.96. The van der Waals surface area contributed by atoms with E-state index in [2.05, 4.69) is 15.2 Å². The molecule has 0 spiro atoms. The van der Waals surface area contributed by atoms with Gasteiger partial charge < -0.3 is 10.1 Å². The quantitative estimate of drug-likeness (QED) is 0.402. The van der Waals surface area contributed by atoms with Crippen LogP contribution in [0.3, 0.4) is 0 Å². The van der Waals surface area contributed by atoms with Crippen LogP contribution in [0.15, 0.2) is 46.6 Å². The number of amides is 1. The third-order valence-electron chi connectivity index (χ3n) is 3.83. The number of carbonyl (C=O) groups excluding carboxylic acids is 1. The lowest BCUT2D eigenvalue weighted by molar-refractivity contribution is -0.385. The zero-order valence-corrected chi connectivity index (χ0v) is 13.7. The molecule has 27 heavy (non-hydrogen) atoms. The minimum Gasteiger partial charge on any atom is -0.493 e. The number of nitrogens with zero attached hydrogens (tertiary/aromatic N) is 4. The van der Waals surface area contributed by atoms with Gasteiger partial charge in [0.05, 0.1) is 15.4 Å². The van der Waals surface area contributed by atoms with Gasteiger partial charge in [0.2, 0.25) is 5.88 Å². The molecule has 0 bridgehead atoms. The first kappa shape index (κ1) is 17.7. The van der Waals surface area contributed by atoms with Crippen molar-refractivity contribution in [2.24, 2.45) is 10.2 Å². The van der Waals surface area contributed by atoms with Gasteiger partial charge in [0.1, 0.15) is 0 Å². The number of aryl methyl sites for hydroxylation is 1. The normalized spacial score (nSPS) is 11.1. The molecule has 3 rings (SSSR count). The predicted octanol–water partition coefficient (Wildman–Crippen LogP) is 3.92. The summed E-state index contributed by atoms with van der Waals surface area (Å²) in [5.74, 6) is -1.19. The number of aromatic nitrogens is 1. The van der Waals surface area contributed by atoms with Gasteiger partial charge >= 0.3 is 0 Å². The molecule has 0 atom stereocenters. The molecule has 2 aromatic carbocycles. The molecular weight excluding hydrogens is 358 g/mol. The smallest absolute Gasteiger partial charge is 0.295 e. The molecule has 11 heteroatoms. The summed E-state index contributed by atoms with van der Waals surface area (Å²) in [5.41, 5.74) is 0.269. The topological polar surface area (TPSA) is 164 Å². The number of nitrogens with one attached hydrogen (secondary N) is 1. The summed E-state index contributed by atoms with van der Waals surface area (Å²) in [6.45, 7) is 1.48. The Morgan fingerprint density at radius 1 is 1.11 bits per heavy atom. The fraction of sp³-hybridized carbons (Fsp3) is 0.0625. The lowest BCUT2D eigenvalue weighted by Gasteiger charge is -1.99. The Morgan fingerprint density at radius 3 is 2.48 bits per heavy atom. The summed E-state index contributed by atoms with van der Waals surface area (Å²) in [4.78, 5) is 35.3. The number of aromatic amines is 1. The van der Waals surface area contributed by atoms with Gasteiger partial charge in [-0.3, -0.25) is 25.0 Å². The Kier molecular flexibility index (Phi) is 4.34. The second kappa shape index (κ2) is 6.63. The van der Waals surface area contributed by atoms with Crippen molar-refractivity contribution in [2.45, 2.75) is 6.92 Å². The van der Waals surface area contributed by atoms with E-state index in [1.54, 1.807) is 0 Å². The summed E-state index contributed by atoms with van der Waals surface area (Å²) in [7, 11) is 0. The molecule has 1 aromatic heterocycles. The number of benzene rings is 2. The van der Waals surface area contributed by atoms with E-state index >= 15 is 0 Å². The molecule has 0 aliphatic rings. The van der Waals surface area contributed by atoms with Crippen LogP contribution >= 0.6 is 0 Å². The van der Waals surface area contributed by atoms with E-state index < -0.39 is 21.6 Å². The highest BCUT2D eigenvalue weighted by Gasteiger charge is 2.17. The van der Waals surface area contributed by atoms with Crippen LogP contribution in [0.1, 0.15) is 15.9 Å². The van der Waals surface area contributed by atoms with Gasteiger partial charge in [0.25, 0.3) is 17.3 Å². The van der Waals surface area contributed by atoms with Gasteiger partial charge in [-0.05, 0) is 25.1 Å². The minimum atomic E-state index is -0.785. The highest BCUT2D eigenvalue weighted by Crippen LogP contribution is 2.37. The lowest BCUT2D eigenvalue weighted by atomic mass is 10.1. The Bertz CT molecular complexity index is 1130. The van der Waals surface area contributed by atoms with E-state index in [-0.39, 0.29) is 33.6 Å². The number of nitro benzene ring substituents is 2. The van der Waals surface area contributed by atoms with Crippen LogP contribution in [0.2, 0.25) is 0 Å². The van der Waals surface area contributed by atoms with Gasteiger partial charge in [0.15, 0.2) is 5.69 Å². The Morgan fingerprint density at radius 2 is 1.85 bits per heavy atom. The van der Waals surface area contributed by atoms with E-state index in [1.807, 2.05) is 0 Å². The highest BCUT2D eigenvalue weighted by molar-refractivity contribution is 5.97. The molecule has 0 unspecified atom stereocenters. The van der Waals surface area contributed by atoms with Crippen LogP contribution in [0, 0.1) is 27.2 Å². The second-order valence-electron chi connectivity index (χ2n) is 5.57. The van der Waals surface area contributed by atoms with Crippen molar-refractivity contribution in [3.05, 3.63) is 67.8 Å². The highest BCUT2D eigenvalue weighted by atomic mass is 16.6. The summed E-state index contributed by atoms with van der Waals surface area (Å²) < 4.78 is 0. The molecule has 0 aliphatic carbocycles. The number of hydrogen-bond acceptors (Lipinski definition) is 7. The molecule has 0 saturated heterocycles. The van der Waals surface area contributed by atoms with Crippen LogP contribution < -0.4 is 0 Å². The monoisotopic (exact) mass is 369 g/mol. The van der Waals surface area contributed by atoms with Crippen molar-refractivity contribution < 1.29 is 19.7 Å². The third kappa shape index (κ3) is 3.33. The van der Waals surface area contributed by atoms with Crippen LogP contribution in [0.25, 0.3) is 10.9 Å². The molecule has 0 fully saturated rings. The van der Waals surface area contributed by atoms with Crippen molar-refractivity contribution in [3.63, 3.8) is 0 Å². The molecule has 1 amide bonds. The number of aromatic hydroxyl groups is 1. The molecule has 1 heterocycles. The van der Waals surface area contributed by atoms with Crippen molar-refractivity contribution >= 4 is 33.9 Å². The minimum absolute atomic E-state index is 0.0761. The standard InChI is InChI=1S/C16H11N5O6/c1-8-6-9(2-5-13(8)21(26)27)15(22)19-18-14-11-7-10(20(24)25)3-4-12(11)17-16(14)23/h2-7,17,23H,1H3. The van der Waals surface area contributed by atoms with Gasteiger partial charge in [-0.15, -0.1) is 10.2 Å². The molecule has 0 radical (unpaired) electrons. The number of azo groups is 1. The summed E-state index contributed by atoms with van der Waals surface area (Å²) >= 11 is 0. The van der Waals surface area contributed by atoms with Gasteiger partial charge in [-0.25, -0.2) is 0 Å². The summed E-state index contributed by atoms with van der Waals surface area (Å²) in [5, 5.41) is 39.1. The van der Waals surface area contributed by atoms with Crippen molar-refractivity contribution in [2.75, 3.05) is 0 Å². The van der Waals surface area contributed by atoms with E-state index in [0.717, 1.165) is 0 Å². The fourth-order valence-corrected chi connectivity index (χ4v) is 2.51. The molecule has 3 aromatic rings. The molecule has 0 aliphatic heterocycles. The molecule has 11 nitrogen and oxygen atoms in total. The number of fused-ring (bicyclic) bond motifs is 1. The Hall–Kier alpha value is -4.15. The maximum Gasteiger partial charge on any atom is 0.295 e. The molecule has 0 saturated carbocycles. The van der Waals surface area contributed by atoms with Crippen LogP contribution in [0.4, 0.5) is 17.1 Å². The molecular formula is C16H11N5O6. The Labute approximate surface area is 150 Å². The first-order valence-electron chi connectivity index (χ1n) is 7.48. The number of hydrogen-bond donors (Lipinski definition) is 2. The zero-order chi connectivity index (χ0) is 19.7. The first-order chi connectivity index (χ1) is 12.8. The third-order valence-corrected chi connectivity index (χ3v) is 3.83. The van der Waals surface area contributed by atoms with E-state index in [0.29, 0.717) is 5.52 Å². The van der Waals surface area contributed by atoms with E-state index in [4.69, 9.17) is 0 Å². The SMILES string of the molecule is Cc1cc(C(=O)N=Nc2c(O)[nH]c3ccc([N+](=O)[O-])cc23)ccc1[N+](=O)[O-]. The van der Waals surface area contributed by atoms with Crippen LogP contribution in [-0.4, -0.2) is 25.8 Å². The van der Waals surface area contributed by atoms with Crippen molar-refractivity contribution in [3.8, 4) is 5.88 Å². The van der Waals surface area contributed by atoms with Crippen LogP contribution in [0.5, 0.6) is 5.88 Å². The zero-order valence-electron chi connectivity index (χ0n) is 13.7. The maximum atomic E-state index is 12.2. The van der Waals surface area contributed by atoms with E-state index in [9.17, 15) is 30.1 Å². The largest absolute Gasteiger partial charge is 0.493 e. The predicted molar refractivity (Wildman–Crippen MR) is 93.3 cm³/mol. The number of carbonyl (C=O) groups is 1. The van der Waals surface area contributed by atoms with Gasteiger partial charge in [0, 0.05) is 34.7 Å². The van der Waals surface area contributed by atoms with Crippen molar-refractivity contribution in [1.29, 1.82) is 0 Å². The average molecular weight is 369 g/mol. The number of non-ortho nitro benzene ring substituents is 1. The maximum absolute atomic E-state index is 12.2.